The number of carbonyl (C=O) groups is 1. The second-order valence-electron chi connectivity index (χ2n) is 6.17. The second-order valence-corrected chi connectivity index (χ2v) is 6.17. The van der Waals surface area contributed by atoms with E-state index in [2.05, 4.69) is 9.97 Å². The van der Waals surface area contributed by atoms with Crippen molar-refractivity contribution in [3.63, 3.8) is 0 Å². The number of carboxylic acid groups (broad SMARTS) is 1. The second kappa shape index (κ2) is 5.67. The summed E-state index contributed by atoms with van der Waals surface area (Å²) in [6.45, 7) is 0. The summed E-state index contributed by atoms with van der Waals surface area (Å²) in [7, 11) is 0. The van der Waals surface area contributed by atoms with Crippen LogP contribution in [0, 0.1) is 0 Å². The SMILES string of the molecule is O=C(O)Oc1ccc2[nH]c(=O)c3cnc(C4CCCCC4)n3c2c1. The molecule has 0 aliphatic heterocycles. The summed E-state index contributed by atoms with van der Waals surface area (Å²) in [6, 6.07) is 4.80. The Balaban J connectivity index is 1.97. The number of fused-ring (bicyclic) bond motifs is 3. The Kier molecular flexibility index (Phi) is 3.48. The van der Waals surface area contributed by atoms with Crippen LogP contribution in [0.4, 0.5) is 4.79 Å². The van der Waals surface area contributed by atoms with Crippen LogP contribution in [0.25, 0.3) is 16.6 Å². The van der Waals surface area contributed by atoms with Crippen molar-refractivity contribution < 1.29 is 14.6 Å². The molecule has 0 bridgehead atoms. The minimum atomic E-state index is -1.37. The van der Waals surface area contributed by atoms with Crippen molar-refractivity contribution in [1.29, 1.82) is 0 Å². The summed E-state index contributed by atoms with van der Waals surface area (Å²) in [4.78, 5) is 30.4. The van der Waals surface area contributed by atoms with Crippen LogP contribution in [0.1, 0.15) is 43.8 Å². The predicted octanol–water partition coefficient (Wildman–Crippen LogP) is 3.28. The third kappa shape index (κ3) is 2.42. The van der Waals surface area contributed by atoms with Crippen molar-refractivity contribution in [1.82, 2.24) is 14.4 Å². The molecule has 1 aromatic carbocycles. The molecule has 24 heavy (non-hydrogen) atoms. The first-order valence-corrected chi connectivity index (χ1v) is 8.07. The number of ether oxygens (including phenoxy) is 1. The minimum absolute atomic E-state index is 0.205. The van der Waals surface area contributed by atoms with Crippen molar-refractivity contribution >= 4 is 22.7 Å². The van der Waals surface area contributed by atoms with Gasteiger partial charge in [-0.3, -0.25) is 9.20 Å². The third-order valence-corrected chi connectivity index (χ3v) is 4.66. The highest BCUT2D eigenvalue weighted by molar-refractivity contribution is 5.80. The van der Waals surface area contributed by atoms with Crippen LogP contribution >= 0.6 is 0 Å². The van der Waals surface area contributed by atoms with E-state index in [0.717, 1.165) is 31.5 Å². The minimum Gasteiger partial charge on any atom is -0.449 e. The molecule has 0 spiro atoms. The standard InChI is InChI=1S/C17H17N3O4/c21-16-14-9-18-15(10-4-2-1-3-5-10)20(14)13-8-11(24-17(22)23)6-7-12(13)19-16/h6-10H,1-5H2,(H,19,21)(H,22,23). The summed E-state index contributed by atoms with van der Waals surface area (Å²) in [5.74, 6) is 1.40. The molecule has 2 heterocycles. The molecule has 2 aromatic heterocycles. The van der Waals surface area contributed by atoms with Crippen LogP contribution in [0.5, 0.6) is 5.75 Å². The maximum absolute atomic E-state index is 12.3. The summed E-state index contributed by atoms with van der Waals surface area (Å²) in [5, 5.41) is 8.82. The van der Waals surface area contributed by atoms with Crippen LogP contribution in [0.15, 0.2) is 29.2 Å². The van der Waals surface area contributed by atoms with E-state index in [1.165, 1.54) is 12.5 Å². The van der Waals surface area contributed by atoms with E-state index in [9.17, 15) is 9.59 Å². The molecular weight excluding hydrogens is 310 g/mol. The maximum atomic E-state index is 12.3. The smallest absolute Gasteiger partial charge is 0.449 e. The van der Waals surface area contributed by atoms with E-state index < -0.39 is 6.16 Å². The summed E-state index contributed by atoms with van der Waals surface area (Å²) in [5.41, 5.74) is 1.58. The zero-order valence-electron chi connectivity index (χ0n) is 13.0. The molecule has 2 N–H and O–H groups in total. The molecule has 0 unspecified atom stereocenters. The number of imidazole rings is 1. The fourth-order valence-electron chi connectivity index (χ4n) is 3.58. The average Bonchev–Trinajstić information content (AvgIpc) is 3.02. The van der Waals surface area contributed by atoms with Gasteiger partial charge < -0.3 is 14.8 Å². The topological polar surface area (TPSA) is 96.7 Å². The number of aromatic nitrogens is 3. The molecule has 0 radical (unpaired) electrons. The number of nitrogens with one attached hydrogen (secondary N) is 1. The Labute approximate surface area is 136 Å². The van der Waals surface area contributed by atoms with Gasteiger partial charge in [0.25, 0.3) is 5.56 Å². The molecular formula is C17H17N3O4. The lowest BCUT2D eigenvalue weighted by atomic mass is 9.89. The van der Waals surface area contributed by atoms with E-state index in [0.29, 0.717) is 22.5 Å². The average molecular weight is 327 g/mol. The van der Waals surface area contributed by atoms with Crippen LogP contribution in [-0.4, -0.2) is 25.6 Å². The summed E-state index contributed by atoms with van der Waals surface area (Å²) >= 11 is 0. The van der Waals surface area contributed by atoms with Gasteiger partial charge in [0.05, 0.1) is 17.2 Å². The van der Waals surface area contributed by atoms with Crippen LogP contribution in [0.2, 0.25) is 0 Å². The quantitative estimate of drug-likeness (QED) is 0.556. The van der Waals surface area contributed by atoms with E-state index >= 15 is 0 Å². The highest BCUT2D eigenvalue weighted by Crippen LogP contribution is 2.33. The summed E-state index contributed by atoms with van der Waals surface area (Å²) in [6.07, 6.45) is 5.89. The van der Waals surface area contributed by atoms with Crippen molar-refractivity contribution in [3.8, 4) is 5.75 Å². The fourth-order valence-corrected chi connectivity index (χ4v) is 3.58. The molecule has 0 atom stereocenters. The summed E-state index contributed by atoms with van der Waals surface area (Å²) < 4.78 is 6.60. The Morgan fingerprint density at radius 3 is 2.79 bits per heavy atom. The molecule has 3 aromatic rings. The predicted molar refractivity (Wildman–Crippen MR) is 87.8 cm³/mol. The van der Waals surface area contributed by atoms with Crippen molar-refractivity contribution in [3.05, 3.63) is 40.6 Å². The van der Waals surface area contributed by atoms with E-state index in [-0.39, 0.29) is 11.3 Å². The molecule has 1 fully saturated rings. The van der Waals surface area contributed by atoms with Gasteiger partial charge in [-0.25, -0.2) is 9.78 Å². The number of benzene rings is 1. The van der Waals surface area contributed by atoms with Gasteiger partial charge in [-0.15, -0.1) is 0 Å². The highest BCUT2D eigenvalue weighted by Gasteiger charge is 2.22. The van der Waals surface area contributed by atoms with Gasteiger partial charge >= 0.3 is 6.16 Å². The molecule has 124 valence electrons. The lowest BCUT2D eigenvalue weighted by Gasteiger charge is -2.21. The zero-order chi connectivity index (χ0) is 16.7. The normalized spacial score (nSPS) is 15.8. The first-order valence-electron chi connectivity index (χ1n) is 8.07. The molecule has 1 aliphatic carbocycles. The Bertz CT molecular complexity index is 983. The fraction of sp³-hybridized carbons (Fsp3) is 0.353. The monoisotopic (exact) mass is 327 g/mol. The van der Waals surface area contributed by atoms with Gasteiger partial charge in [-0.1, -0.05) is 19.3 Å². The van der Waals surface area contributed by atoms with Gasteiger partial charge in [0.1, 0.15) is 17.1 Å². The van der Waals surface area contributed by atoms with E-state index in [4.69, 9.17) is 9.84 Å². The highest BCUT2D eigenvalue weighted by atomic mass is 16.7. The van der Waals surface area contributed by atoms with E-state index in [1.807, 2.05) is 4.40 Å². The molecule has 4 rings (SSSR count). The molecule has 1 aliphatic rings. The Hall–Kier alpha value is -2.83. The lowest BCUT2D eigenvalue weighted by Crippen LogP contribution is -2.14. The molecule has 1 saturated carbocycles. The van der Waals surface area contributed by atoms with Crippen molar-refractivity contribution in [2.75, 3.05) is 0 Å². The number of hydrogen-bond acceptors (Lipinski definition) is 4. The Morgan fingerprint density at radius 2 is 2.04 bits per heavy atom. The van der Waals surface area contributed by atoms with Gasteiger partial charge in [-0.2, -0.15) is 0 Å². The molecule has 7 nitrogen and oxygen atoms in total. The van der Waals surface area contributed by atoms with Crippen LogP contribution < -0.4 is 10.3 Å². The molecule has 7 heteroatoms. The largest absolute Gasteiger partial charge is 0.511 e. The Morgan fingerprint density at radius 1 is 1.25 bits per heavy atom. The molecule has 0 saturated heterocycles. The van der Waals surface area contributed by atoms with Crippen molar-refractivity contribution in [2.24, 2.45) is 0 Å². The number of rotatable bonds is 2. The van der Waals surface area contributed by atoms with Gasteiger partial charge in [0.2, 0.25) is 0 Å². The lowest BCUT2D eigenvalue weighted by molar-refractivity contribution is 0.144. The maximum Gasteiger partial charge on any atom is 0.511 e. The number of hydrogen-bond donors (Lipinski definition) is 2. The number of aromatic amines is 1. The zero-order valence-corrected chi connectivity index (χ0v) is 13.0. The number of H-pyrrole nitrogens is 1. The van der Waals surface area contributed by atoms with Gasteiger partial charge in [0, 0.05) is 12.0 Å². The van der Waals surface area contributed by atoms with E-state index in [1.54, 1.807) is 18.3 Å². The number of nitrogens with zero attached hydrogens (tertiary/aromatic N) is 2. The third-order valence-electron chi connectivity index (χ3n) is 4.66. The molecule has 0 amide bonds. The first-order chi connectivity index (χ1) is 11.6. The van der Waals surface area contributed by atoms with Crippen LogP contribution in [-0.2, 0) is 0 Å². The van der Waals surface area contributed by atoms with Gasteiger partial charge in [0.15, 0.2) is 0 Å². The van der Waals surface area contributed by atoms with Crippen molar-refractivity contribution in [2.45, 2.75) is 38.0 Å². The first kappa shape index (κ1) is 14.7. The van der Waals surface area contributed by atoms with Crippen LogP contribution in [0.3, 0.4) is 0 Å². The van der Waals surface area contributed by atoms with Gasteiger partial charge in [-0.05, 0) is 25.0 Å².